The van der Waals surface area contributed by atoms with Gasteiger partial charge in [0.25, 0.3) is 11.8 Å². The third kappa shape index (κ3) is 4.42. The molecule has 7 nitrogen and oxygen atoms in total. The fourth-order valence-electron chi connectivity index (χ4n) is 3.60. The molecule has 156 valence electrons. The number of anilines is 2. The highest BCUT2D eigenvalue weighted by Crippen LogP contribution is 2.33. The first-order valence-electron chi connectivity index (χ1n) is 9.98. The minimum Gasteiger partial charge on any atom is -0.496 e. The molecule has 4 rings (SSSR count). The van der Waals surface area contributed by atoms with Crippen LogP contribution in [-0.4, -0.2) is 29.3 Å². The summed E-state index contributed by atoms with van der Waals surface area (Å²) in [6.45, 7) is 0. The van der Waals surface area contributed by atoms with Crippen LogP contribution in [0.3, 0.4) is 0 Å². The maximum absolute atomic E-state index is 13.8. The first-order valence-corrected chi connectivity index (χ1v) is 9.98. The van der Waals surface area contributed by atoms with Gasteiger partial charge in [-0.1, -0.05) is 36.5 Å². The summed E-state index contributed by atoms with van der Waals surface area (Å²) in [6, 6.07) is 11.6. The van der Waals surface area contributed by atoms with Crippen molar-refractivity contribution in [2.75, 3.05) is 17.7 Å². The molecule has 1 aliphatic carbocycles. The second kappa shape index (κ2) is 8.94. The lowest BCUT2D eigenvalue weighted by molar-refractivity contribution is 0.102. The zero-order valence-electron chi connectivity index (χ0n) is 16.7. The van der Waals surface area contributed by atoms with Gasteiger partial charge in [-0.3, -0.25) is 4.79 Å². The van der Waals surface area contributed by atoms with Crippen molar-refractivity contribution in [2.45, 2.75) is 38.1 Å². The number of carbonyl (C=O) groups excluding carboxylic acids is 1. The van der Waals surface area contributed by atoms with Crippen molar-refractivity contribution in [3.63, 3.8) is 0 Å². The van der Waals surface area contributed by atoms with Crippen molar-refractivity contribution >= 4 is 17.6 Å². The van der Waals surface area contributed by atoms with Crippen LogP contribution >= 0.6 is 0 Å². The lowest BCUT2D eigenvalue weighted by atomic mass is 9.96. The SMILES string of the molecule is COc1cc(NC(=O)c2ccccc2F)ccc1-c1nnc(NC2CCCCC2)o1. The number of nitrogens with one attached hydrogen (secondary N) is 2. The normalized spacial score (nSPS) is 14.3. The van der Waals surface area contributed by atoms with E-state index in [-0.39, 0.29) is 5.56 Å². The average Bonchev–Trinajstić information content (AvgIpc) is 3.22. The van der Waals surface area contributed by atoms with E-state index in [0.29, 0.717) is 34.9 Å². The van der Waals surface area contributed by atoms with Gasteiger partial charge in [-0.25, -0.2) is 4.39 Å². The fourth-order valence-corrected chi connectivity index (χ4v) is 3.60. The number of rotatable bonds is 6. The molecular weight excluding hydrogens is 387 g/mol. The van der Waals surface area contributed by atoms with Gasteiger partial charge in [-0.05, 0) is 37.1 Å². The first kappa shape index (κ1) is 19.9. The molecule has 1 saturated carbocycles. The van der Waals surface area contributed by atoms with E-state index < -0.39 is 11.7 Å². The predicted molar refractivity (Wildman–Crippen MR) is 111 cm³/mol. The van der Waals surface area contributed by atoms with Gasteiger partial charge in [0.15, 0.2) is 0 Å². The molecule has 0 atom stereocenters. The van der Waals surface area contributed by atoms with Crippen molar-refractivity contribution in [2.24, 2.45) is 0 Å². The molecule has 0 radical (unpaired) electrons. The van der Waals surface area contributed by atoms with Crippen LogP contribution in [0.15, 0.2) is 46.9 Å². The molecule has 1 aromatic heterocycles. The van der Waals surface area contributed by atoms with Crippen LogP contribution in [0.5, 0.6) is 5.75 Å². The van der Waals surface area contributed by atoms with Gasteiger partial charge in [0, 0.05) is 17.8 Å². The minimum atomic E-state index is -0.581. The number of hydrogen-bond donors (Lipinski definition) is 2. The Morgan fingerprint density at radius 1 is 1.13 bits per heavy atom. The van der Waals surface area contributed by atoms with Crippen LogP contribution < -0.4 is 15.4 Å². The van der Waals surface area contributed by atoms with Crippen molar-refractivity contribution in [1.29, 1.82) is 0 Å². The van der Waals surface area contributed by atoms with Gasteiger partial charge in [-0.15, -0.1) is 5.10 Å². The van der Waals surface area contributed by atoms with Crippen LogP contribution in [0, 0.1) is 5.82 Å². The van der Waals surface area contributed by atoms with E-state index in [2.05, 4.69) is 20.8 Å². The van der Waals surface area contributed by atoms with Gasteiger partial charge < -0.3 is 19.8 Å². The summed E-state index contributed by atoms with van der Waals surface area (Å²) in [7, 11) is 1.51. The minimum absolute atomic E-state index is 0.0316. The van der Waals surface area contributed by atoms with E-state index in [1.165, 1.54) is 44.6 Å². The summed E-state index contributed by atoms with van der Waals surface area (Å²) in [4.78, 5) is 12.3. The molecule has 2 N–H and O–H groups in total. The smallest absolute Gasteiger partial charge is 0.315 e. The van der Waals surface area contributed by atoms with E-state index >= 15 is 0 Å². The molecule has 8 heteroatoms. The number of nitrogens with zero attached hydrogens (tertiary/aromatic N) is 2. The van der Waals surface area contributed by atoms with Gasteiger partial charge in [0.2, 0.25) is 0 Å². The third-order valence-corrected chi connectivity index (χ3v) is 5.17. The molecule has 1 heterocycles. The zero-order chi connectivity index (χ0) is 20.9. The Morgan fingerprint density at radius 2 is 1.93 bits per heavy atom. The standard InChI is InChI=1S/C22H23FN4O3/c1-29-19-13-15(24-20(28)16-9-5-6-10-18(16)23)11-12-17(19)21-26-27-22(30-21)25-14-7-3-2-4-8-14/h5-6,9-14H,2-4,7-8H2,1H3,(H,24,28)(H,25,27). The number of carbonyl (C=O) groups is 1. The fraction of sp³-hybridized carbons (Fsp3) is 0.318. The highest BCUT2D eigenvalue weighted by molar-refractivity contribution is 6.04. The predicted octanol–water partition coefficient (Wildman–Crippen LogP) is 4.88. The van der Waals surface area contributed by atoms with Crippen LogP contribution in [0.2, 0.25) is 0 Å². The van der Waals surface area contributed by atoms with Crippen molar-refractivity contribution in [3.8, 4) is 17.2 Å². The van der Waals surface area contributed by atoms with E-state index in [1.54, 1.807) is 24.3 Å². The largest absolute Gasteiger partial charge is 0.496 e. The molecule has 0 unspecified atom stereocenters. The van der Waals surface area contributed by atoms with Gasteiger partial charge in [0.1, 0.15) is 11.6 Å². The van der Waals surface area contributed by atoms with Crippen molar-refractivity contribution in [1.82, 2.24) is 10.2 Å². The number of hydrogen-bond acceptors (Lipinski definition) is 6. The maximum Gasteiger partial charge on any atom is 0.315 e. The number of amides is 1. The third-order valence-electron chi connectivity index (χ3n) is 5.17. The first-order chi connectivity index (χ1) is 14.6. The van der Waals surface area contributed by atoms with E-state index in [1.807, 2.05) is 0 Å². The van der Waals surface area contributed by atoms with Gasteiger partial charge in [0.05, 0.1) is 18.2 Å². The Labute approximate surface area is 173 Å². The van der Waals surface area contributed by atoms with Gasteiger partial charge >= 0.3 is 6.01 Å². The molecule has 3 aromatic rings. The number of methoxy groups -OCH3 is 1. The average molecular weight is 410 g/mol. The van der Waals surface area contributed by atoms with Crippen LogP contribution in [-0.2, 0) is 0 Å². The summed E-state index contributed by atoms with van der Waals surface area (Å²) < 4.78 is 25.0. The Bertz CT molecular complexity index is 1030. The summed E-state index contributed by atoms with van der Waals surface area (Å²) in [5.74, 6) is -0.353. The van der Waals surface area contributed by atoms with Gasteiger partial charge in [-0.2, -0.15) is 0 Å². The van der Waals surface area contributed by atoms with Crippen LogP contribution in [0.4, 0.5) is 16.1 Å². The number of halogens is 1. The second-order valence-electron chi connectivity index (χ2n) is 7.24. The Hall–Kier alpha value is -3.42. The molecule has 30 heavy (non-hydrogen) atoms. The van der Waals surface area contributed by atoms with Crippen molar-refractivity contribution in [3.05, 3.63) is 53.8 Å². The number of ether oxygens (including phenoxy) is 1. The molecule has 0 bridgehead atoms. The van der Waals surface area contributed by atoms with E-state index in [4.69, 9.17) is 9.15 Å². The number of benzene rings is 2. The lowest BCUT2D eigenvalue weighted by Gasteiger charge is -2.21. The Morgan fingerprint density at radius 3 is 2.70 bits per heavy atom. The molecule has 0 aliphatic heterocycles. The monoisotopic (exact) mass is 410 g/mol. The topological polar surface area (TPSA) is 89.3 Å². The molecular formula is C22H23FN4O3. The Balaban J connectivity index is 1.50. The quantitative estimate of drug-likeness (QED) is 0.602. The molecule has 1 amide bonds. The highest BCUT2D eigenvalue weighted by atomic mass is 19.1. The highest BCUT2D eigenvalue weighted by Gasteiger charge is 2.19. The number of aromatic nitrogens is 2. The summed E-state index contributed by atoms with van der Waals surface area (Å²) >= 11 is 0. The second-order valence-corrected chi connectivity index (χ2v) is 7.24. The zero-order valence-corrected chi connectivity index (χ0v) is 16.7. The summed E-state index contributed by atoms with van der Waals surface area (Å²) in [5, 5.41) is 14.2. The summed E-state index contributed by atoms with van der Waals surface area (Å²) in [6.07, 6.45) is 5.86. The molecule has 1 fully saturated rings. The van der Waals surface area contributed by atoms with Crippen LogP contribution in [0.25, 0.3) is 11.5 Å². The molecule has 1 aliphatic rings. The molecule has 2 aromatic carbocycles. The van der Waals surface area contributed by atoms with Crippen molar-refractivity contribution < 1.29 is 18.3 Å². The van der Waals surface area contributed by atoms with E-state index in [9.17, 15) is 9.18 Å². The lowest BCUT2D eigenvalue weighted by Crippen LogP contribution is -2.22. The van der Waals surface area contributed by atoms with E-state index in [0.717, 1.165) is 12.8 Å². The Kier molecular flexibility index (Phi) is 5.92. The molecule has 0 saturated heterocycles. The van der Waals surface area contributed by atoms with Crippen LogP contribution in [0.1, 0.15) is 42.5 Å². The summed E-state index contributed by atoms with van der Waals surface area (Å²) in [5.41, 5.74) is 1.03. The molecule has 0 spiro atoms. The maximum atomic E-state index is 13.8.